The predicted octanol–water partition coefficient (Wildman–Crippen LogP) is -0.400. The number of aromatic amines is 1. The zero-order chi connectivity index (χ0) is 21.3. The number of ether oxygens (including phenoxy) is 2. The smallest absolute Gasteiger partial charge is 0.274 e. The van der Waals surface area contributed by atoms with E-state index in [4.69, 9.17) is 9.47 Å². The third-order valence-electron chi connectivity index (χ3n) is 6.04. The number of aromatic nitrogens is 1. The van der Waals surface area contributed by atoms with Crippen molar-refractivity contribution in [1.82, 2.24) is 4.31 Å². The van der Waals surface area contributed by atoms with E-state index in [-0.39, 0.29) is 0 Å². The van der Waals surface area contributed by atoms with Gasteiger partial charge in [0.2, 0.25) is 10.0 Å². The van der Waals surface area contributed by atoms with Crippen molar-refractivity contribution >= 4 is 15.8 Å². The number of methoxy groups -OCH3 is 2. The number of quaternary nitrogens is 1. The minimum absolute atomic E-state index is 0.314. The summed E-state index contributed by atoms with van der Waals surface area (Å²) in [5.74, 6) is 2.37. The molecule has 2 aliphatic rings. The van der Waals surface area contributed by atoms with Gasteiger partial charge < -0.3 is 14.4 Å². The Morgan fingerprint density at radius 1 is 1.00 bits per heavy atom. The van der Waals surface area contributed by atoms with Crippen molar-refractivity contribution in [1.29, 1.82) is 0 Å². The first-order chi connectivity index (χ1) is 14.4. The number of H-pyrrole nitrogens is 1. The molecule has 30 heavy (non-hydrogen) atoms. The van der Waals surface area contributed by atoms with E-state index in [1.165, 1.54) is 16.0 Å². The Hall–Kier alpha value is -2.36. The van der Waals surface area contributed by atoms with Crippen LogP contribution in [-0.2, 0) is 23.0 Å². The van der Waals surface area contributed by atoms with E-state index in [0.717, 1.165) is 49.9 Å². The van der Waals surface area contributed by atoms with Crippen LogP contribution in [0, 0.1) is 0 Å². The minimum atomic E-state index is -3.46. The van der Waals surface area contributed by atoms with E-state index in [1.807, 2.05) is 18.2 Å². The Bertz CT molecular complexity index is 1000. The summed E-state index contributed by atoms with van der Waals surface area (Å²) in [7, 11) is 1.92. The molecule has 0 spiro atoms. The molecule has 3 heterocycles. The molecule has 2 N–H and O–H groups in total. The van der Waals surface area contributed by atoms with Crippen LogP contribution in [-0.4, -0.2) is 66.7 Å². The Balaban J connectivity index is 1.51. The molecule has 1 fully saturated rings. The summed E-state index contributed by atoms with van der Waals surface area (Å²) in [6.07, 6.45) is 2.49. The molecule has 4 rings (SSSR count). The monoisotopic (exact) mass is 434 g/mol. The van der Waals surface area contributed by atoms with E-state index >= 15 is 0 Å². The second kappa shape index (κ2) is 8.41. The number of benzene rings is 1. The average Bonchev–Trinajstić information content (AvgIpc) is 2.78. The van der Waals surface area contributed by atoms with Gasteiger partial charge in [-0.2, -0.15) is 4.31 Å². The second-order valence-electron chi connectivity index (χ2n) is 7.92. The van der Waals surface area contributed by atoms with Crippen molar-refractivity contribution in [3.8, 4) is 11.5 Å². The van der Waals surface area contributed by atoms with E-state index in [0.29, 0.717) is 18.0 Å². The summed E-state index contributed by atoms with van der Waals surface area (Å²) in [6, 6.07) is 7.63. The van der Waals surface area contributed by atoms with Gasteiger partial charge in [0.05, 0.1) is 54.0 Å². The maximum Gasteiger partial charge on any atom is 0.274 e. The standard InChI is InChI=1S/C21H28N4O4S/c1-23-8-10-25(11-9-23)30(26,27)18-4-5-21(22-14-18)24-7-6-16-12-19(28-2)20(29-3)13-17(16)15-24/h4-5,12-14H,6-11,15H2,1-3H3/p+2. The van der Waals surface area contributed by atoms with Gasteiger partial charge in [0, 0.05) is 18.1 Å². The highest BCUT2D eigenvalue weighted by Gasteiger charge is 2.31. The van der Waals surface area contributed by atoms with E-state index < -0.39 is 10.0 Å². The lowest BCUT2D eigenvalue weighted by Crippen LogP contribution is -3.12. The molecule has 8 nitrogen and oxygen atoms in total. The van der Waals surface area contributed by atoms with Crippen LogP contribution in [0.5, 0.6) is 11.5 Å². The molecule has 1 saturated heterocycles. The number of likely N-dealkylation sites (N-methyl/N-ethyl adjacent to an activating group) is 1. The summed E-state index contributed by atoms with van der Waals surface area (Å²) in [4.78, 5) is 7.09. The van der Waals surface area contributed by atoms with Gasteiger partial charge in [-0.15, -0.1) is 0 Å². The Morgan fingerprint density at radius 2 is 1.67 bits per heavy atom. The third-order valence-corrected chi connectivity index (χ3v) is 7.93. The highest BCUT2D eigenvalue weighted by molar-refractivity contribution is 7.89. The molecule has 0 unspecified atom stereocenters. The number of anilines is 1. The van der Waals surface area contributed by atoms with Crippen LogP contribution in [0.1, 0.15) is 11.1 Å². The molecule has 0 amide bonds. The highest BCUT2D eigenvalue weighted by atomic mass is 32.2. The van der Waals surface area contributed by atoms with Crippen LogP contribution < -0.4 is 24.3 Å². The average molecular weight is 435 g/mol. The maximum atomic E-state index is 12.9. The fourth-order valence-electron chi connectivity index (χ4n) is 4.11. The van der Waals surface area contributed by atoms with Crippen molar-refractivity contribution < 1.29 is 27.8 Å². The lowest BCUT2D eigenvalue weighted by molar-refractivity contribution is -0.883. The Kier molecular flexibility index (Phi) is 5.86. The second-order valence-corrected chi connectivity index (χ2v) is 9.86. The van der Waals surface area contributed by atoms with Crippen molar-refractivity contribution in [2.75, 3.05) is 58.9 Å². The quantitative estimate of drug-likeness (QED) is 0.693. The molecule has 0 aliphatic carbocycles. The van der Waals surface area contributed by atoms with Crippen molar-refractivity contribution in [3.05, 3.63) is 41.6 Å². The lowest BCUT2D eigenvalue weighted by Gasteiger charge is -2.29. The van der Waals surface area contributed by atoms with Gasteiger partial charge >= 0.3 is 0 Å². The lowest BCUT2D eigenvalue weighted by atomic mass is 9.99. The summed E-state index contributed by atoms with van der Waals surface area (Å²) in [6.45, 7) is 4.35. The molecule has 1 aromatic carbocycles. The van der Waals surface area contributed by atoms with Crippen LogP contribution in [0.4, 0.5) is 5.82 Å². The molecule has 9 heteroatoms. The van der Waals surface area contributed by atoms with Gasteiger partial charge in [0.1, 0.15) is 17.6 Å². The van der Waals surface area contributed by atoms with Crippen LogP contribution >= 0.6 is 0 Å². The fourth-order valence-corrected chi connectivity index (χ4v) is 5.51. The number of rotatable bonds is 5. The van der Waals surface area contributed by atoms with Crippen LogP contribution in [0.3, 0.4) is 0 Å². The first-order valence-electron chi connectivity index (χ1n) is 10.2. The number of hydrogen-bond acceptors (Lipinski definition) is 5. The van der Waals surface area contributed by atoms with Gasteiger partial charge in [-0.05, 0) is 23.8 Å². The largest absolute Gasteiger partial charge is 0.493 e. The van der Waals surface area contributed by atoms with Crippen LogP contribution in [0.2, 0.25) is 0 Å². The number of sulfonamides is 1. The molecule has 0 saturated carbocycles. The van der Waals surface area contributed by atoms with Crippen molar-refractivity contribution in [2.45, 2.75) is 17.9 Å². The first kappa shape index (κ1) is 20.9. The molecule has 0 atom stereocenters. The van der Waals surface area contributed by atoms with Gasteiger partial charge in [-0.3, -0.25) is 4.90 Å². The predicted molar refractivity (Wildman–Crippen MR) is 113 cm³/mol. The zero-order valence-corrected chi connectivity index (χ0v) is 18.6. The molecule has 2 aromatic rings. The maximum absolute atomic E-state index is 12.9. The SMILES string of the molecule is COc1cc2c(cc1OC)CN(c1ccc(S(=O)(=O)N3CC[NH+](C)CC3)c[nH+]1)CC2. The molecule has 0 radical (unpaired) electrons. The van der Waals surface area contributed by atoms with Crippen LogP contribution in [0.15, 0.2) is 35.4 Å². The molecule has 2 aliphatic heterocycles. The normalized spacial score (nSPS) is 18.2. The molecule has 1 aromatic heterocycles. The summed E-state index contributed by atoms with van der Waals surface area (Å²) in [5.41, 5.74) is 2.43. The highest BCUT2D eigenvalue weighted by Crippen LogP contribution is 2.33. The van der Waals surface area contributed by atoms with E-state index in [1.54, 1.807) is 30.8 Å². The fraction of sp³-hybridized carbons (Fsp3) is 0.476. The van der Waals surface area contributed by atoms with Gasteiger partial charge in [-0.25, -0.2) is 13.4 Å². The number of hydrogen-bond donors (Lipinski definition) is 1. The van der Waals surface area contributed by atoms with Crippen molar-refractivity contribution in [3.63, 3.8) is 0 Å². The number of nitrogens with zero attached hydrogens (tertiary/aromatic N) is 2. The number of fused-ring (bicyclic) bond motifs is 1. The zero-order valence-electron chi connectivity index (χ0n) is 17.8. The number of piperazine rings is 1. The molecular weight excluding hydrogens is 404 g/mol. The van der Waals surface area contributed by atoms with E-state index in [2.05, 4.69) is 16.9 Å². The van der Waals surface area contributed by atoms with Crippen LogP contribution in [0.25, 0.3) is 0 Å². The Morgan fingerprint density at radius 3 is 2.27 bits per heavy atom. The summed E-state index contributed by atoms with van der Waals surface area (Å²) in [5, 5.41) is 0. The molecule has 162 valence electrons. The molecular formula is C21H30N4O4S+2. The minimum Gasteiger partial charge on any atom is -0.493 e. The number of nitrogens with one attached hydrogen (secondary N) is 2. The summed E-state index contributed by atoms with van der Waals surface area (Å²) >= 11 is 0. The number of pyridine rings is 1. The topological polar surface area (TPSA) is 77.7 Å². The van der Waals surface area contributed by atoms with Gasteiger partial charge in [-0.1, -0.05) is 0 Å². The van der Waals surface area contributed by atoms with Gasteiger partial charge in [0.25, 0.3) is 5.82 Å². The van der Waals surface area contributed by atoms with Gasteiger partial charge in [0.15, 0.2) is 11.5 Å². The third kappa shape index (κ3) is 3.97. The first-order valence-corrected chi connectivity index (χ1v) is 11.7. The Labute approximate surface area is 178 Å². The van der Waals surface area contributed by atoms with Crippen molar-refractivity contribution in [2.24, 2.45) is 0 Å². The van der Waals surface area contributed by atoms with E-state index in [9.17, 15) is 8.42 Å². The molecule has 0 bridgehead atoms. The summed E-state index contributed by atoms with van der Waals surface area (Å²) < 4.78 is 38.3.